The summed E-state index contributed by atoms with van der Waals surface area (Å²) in [5.41, 5.74) is 0.0269. The van der Waals surface area contributed by atoms with Crippen LogP contribution < -0.4 is 0 Å². The molecule has 0 aliphatic heterocycles. The Morgan fingerprint density at radius 2 is 2.10 bits per heavy atom. The molecule has 2 rings (SSSR count). The van der Waals surface area contributed by atoms with Gasteiger partial charge in [0.2, 0.25) is 0 Å². The number of rotatable bonds is 2. The first-order chi connectivity index (χ1) is 9.31. The number of hydrogen-bond acceptors (Lipinski definition) is 4. The third kappa shape index (κ3) is 2.39. The van der Waals surface area contributed by atoms with Crippen molar-refractivity contribution < 1.29 is 19.4 Å². The average Bonchev–Trinajstić information content (AvgIpc) is 2.42. The van der Waals surface area contributed by atoms with Crippen LogP contribution >= 0.6 is 0 Å². The van der Waals surface area contributed by atoms with Crippen LogP contribution in [0.25, 0.3) is 0 Å². The minimum absolute atomic E-state index is 0.0269. The van der Waals surface area contributed by atoms with E-state index in [9.17, 15) is 14.7 Å². The lowest BCUT2D eigenvalue weighted by Gasteiger charge is -2.53. The smallest absolute Gasteiger partial charge is 0.308 e. The van der Waals surface area contributed by atoms with Gasteiger partial charge in [-0.25, -0.2) is 0 Å². The monoisotopic (exact) mass is 282 g/mol. The molecule has 2 aliphatic carbocycles. The van der Waals surface area contributed by atoms with Crippen LogP contribution in [0.4, 0.5) is 0 Å². The van der Waals surface area contributed by atoms with Gasteiger partial charge in [-0.15, -0.1) is 0 Å². The van der Waals surface area contributed by atoms with Crippen LogP contribution in [0.5, 0.6) is 0 Å². The summed E-state index contributed by atoms with van der Waals surface area (Å²) in [6.07, 6.45) is 2.68. The second-order valence-corrected chi connectivity index (χ2v) is 6.94. The standard InChI is InChI=1S/C16H26O4/c1-9(15(19)20-4)11-5-7-16(3)8-6-12(17)10(2)13(16)14(11)18/h9-11,13-14,18H,5-8H2,1-4H3/t9?,10-,11?,13-,14-,16+/m1/s1. The van der Waals surface area contributed by atoms with Crippen molar-refractivity contribution in [3.8, 4) is 0 Å². The predicted octanol–water partition coefficient (Wildman–Crippen LogP) is 2.19. The Kier molecular flexibility index (Phi) is 4.24. The molecule has 20 heavy (non-hydrogen) atoms. The first-order valence-electron chi connectivity index (χ1n) is 7.60. The Balaban J connectivity index is 2.23. The Bertz CT molecular complexity index is 405. The Morgan fingerprint density at radius 1 is 1.45 bits per heavy atom. The number of ketones is 1. The molecule has 0 saturated heterocycles. The highest BCUT2D eigenvalue weighted by Gasteiger charge is 2.53. The fraction of sp³-hybridized carbons (Fsp3) is 0.875. The number of methoxy groups -OCH3 is 1. The molecule has 6 atom stereocenters. The van der Waals surface area contributed by atoms with Crippen molar-refractivity contribution in [1.82, 2.24) is 0 Å². The maximum atomic E-state index is 12.0. The summed E-state index contributed by atoms with van der Waals surface area (Å²) in [5, 5.41) is 10.8. The molecule has 2 aliphatic rings. The van der Waals surface area contributed by atoms with Crippen LogP contribution in [0.2, 0.25) is 0 Å². The van der Waals surface area contributed by atoms with Gasteiger partial charge in [0.05, 0.1) is 19.1 Å². The van der Waals surface area contributed by atoms with Gasteiger partial charge in [0, 0.05) is 12.3 Å². The van der Waals surface area contributed by atoms with Crippen molar-refractivity contribution >= 4 is 11.8 Å². The van der Waals surface area contributed by atoms with Crippen molar-refractivity contribution in [3.05, 3.63) is 0 Å². The second kappa shape index (κ2) is 5.47. The fourth-order valence-corrected chi connectivity index (χ4v) is 4.45. The molecule has 0 aromatic carbocycles. The number of Topliss-reactive ketones (excluding diaryl/α,β-unsaturated/α-hetero) is 1. The lowest BCUT2D eigenvalue weighted by atomic mass is 9.52. The number of carbonyl (C=O) groups excluding carboxylic acids is 2. The molecule has 2 saturated carbocycles. The van der Waals surface area contributed by atoms with E-state index in [2.05, 4.69) is 6.92 Å². The SMILES string of the molecule is COC(=O)C(C)C1CC[C@@]2(C)CCC(=O)[C@@H](C)[C@@H]2[C@@H]1O. The van der Waals surface area contributed by atoms with Crippen molar-refractivity contribution in [2.75, 3.05) is 7.11 Å². The summed E-state index contributed by atoms with van der Waals surface area (Å²) in [4.78, 5) is 23.7. The molecule has 0 aromatic rings. The minimum atomic E-state index is -0.595. The van der Waals surface area contributed by atoms with Gasteiger partial charge in [-0.2, -0.15) is 0 Å². The molecular weight excluding hydrogens is 256 g/mol. The molecule has 0 aromatic heterocycles. The van der Waals surface area contributed by atoms with Crippen LogP contribution in [-0.4, -0.2) is 30.1 Å². The Morgan fingerprint density at radius 3 is 2.70 bits per heavy atom. The quantitative estimate of drug-likeness (QED) is 0.789. The maximum Gasteiger partial charge on any atom is 0.308 e. The van der Waals surface area contributed by atoms with Gasteiger partial charge in [-0.1, -0.05) is 20.8 Å². The van der Waals surface area contributed by atoms with Gasteiger partial charge in [-0.05, 0) is 36.5 Å². The highest BCUT2D eigenvalue weighted by atomic mass is 16.5. The third-order valence-corrected chi connectivity index (χ3v) is 5.86. The average molecular weight is 282 g/mol. The van der Waals surface area contributed by atoms with E-state index in [0.717, 1.165) is 19.3 Å². The van der Waals surface area contributed by atoms with Crippen molar-refractivity contribution in [2.45, 2.75) is 52.6 Å². The number of carbonyl (C=O) groups is 2. The predicted molar refractivity (Wildman–Crippen MR) is 74.9 cm³/mol. The molecule has 0 bridgehead atoms. The zero-order valence-corrected chi connectivity index (χ0v) is 12.9. The molecule has 0 amide bonds. The van der Waals surface area contributed by atoms with Crippen molar-refractivity contribution in [2.24, 2.45) is 29.1 Å². The van der Waals surface area contributed by atoms with E-state index in [1.54, 1.807) is 0 Å². The molecule has 1 N–H and O–H groups in total. The Labute approximate surface area is 120 Å². The molecule has 4 heteroatoms. The van der Waals surface area contributed by atoms with Gasteiger partial charge < -0.3 is 9.84 Å². The van der Waals surface area contributed by atoms with Crippen LogP contribution in [0.3, 0.4) is 0 Å². The number of hydrogen-bond donors (Lipinski definition) is 1. The molecule has 2 unspecified atom stereocenters. The lowest BCUT2D eigenvalue weighted by Crippen LogP contribution is -2.54. The van der Waals surface area contributed by atoms with E-state index in [4.69, 9.17) is 4.74 Å². The number of aliphatic hydroxyl groups excluding tert-OH is 1. The normalized spacial score (nSPS) is 42.8. The van der Waals surface area contributed by atoms with Crippen molar-refractivity contribution in [1.29, 1.82) is 0 Å². The summed E-state index contributed by atoms with van der Waals surface area (Å²) in [7, 11) is 1.38. The summed E-state index contributed by atoms with van der Waals surface area (Å²) < 4.78 is 4.81. The van der Waals surface area contributed by atoms with E-state index in [-0.39, 0.29) is 40.8 Å². The van der Waals surface area contributed by atoms with E-state index in [1.807, 2.05) is 13.8 Å². The van der Waals surface area contributed by atoms with Gasteiger partial charge in [-0.3, -0.25) is 9.59 Å². The number of fused-ring (bicyclic) bond motifs is 1. The Hall–Kier alpha value is -0.900. The highest BCUT2D eigenvalue weighted by Crippen LogP contribution is 2.54. The largest absolute Gasteiger partial charge is 0.469 e. The van der Waals surface area contributed by atoms with E-state index in [1.165, 1.54) is 7.11 Å². The highest BCUT2D eigenvalue weighted by molar-refractivity contribution is 5.82. The maximum absolute atomic E-state index is 12.0. The summed E-state index contributed by atoms with van der Waals surface area (Å²) in [5.74, 6) is -0.589. The van der Waals surface area contributed by atoms with Gasteiger partial charge in [0.15, 0.2) is 0 Å². The molecule has 0 radical (unpaired) electrons. The van der Waals surface area contributed by atoms with Gasteiger partial charge in [0.1, 0.15) is 5.78 Å². The van der Waals surface area contributed by atoms with Crippen LogP contribution in [0, 0.1) is 29.1 Å². The lowest BCUT2D eigenvalue weighted by molar-refractivity contribution is -0.160. The van der Waals surface area contributed by atoms with E-state index >= 15 is 0 Å². The molecule has 4 nitrogen and oxygen atoms in total. The molecule has 0 spiro atoms. The fourth-order valence-electron chi connectivity index (χ4n) is 4.45. The first-order valence-corrected chi connectivity index (χ1v) is 7.60. The second-order valence-electron chi connectivity index (χ2n) is 6.94. The van der Waals surface area contributed by atoms with Crippen molar-refractivity contribution in [3.63, 3.8) is 0 Å². The first kappa shape index (κ1) is 15.5. The number of aliphatic hydroxyl groups is 1. The molecule has 2 fully saturated rings. The zero-order valence-electron chi connectivity index (χ0n) is 12.9. The molecule has 114 valence electrons. The van der Waals surface area contributed by atoms with Crippen LogP contribution in [-0.2, 0) is 14.3 Å². The van der Waals surface area contributed by atoms with E-state index < -0.39 is 6.10 Å². The summed E-state index contributed by atoms with van der Waals surface area (Å²) >= 11 is 0. The van der Waals surface area contributed by atoms with Crippen LogP contribution in [0.15, 0.2) is 0 Å². The minimum Gasteiger partial charge on any atom is -0.469 e. The van der Waals surface area contributed by atoms with Gasteiger partial charge >= 0.3 is 5.97 Å². The summed E-state index contributed by atoms with van der Waals surface area (Å²) in [6, 6.07) is 0. The number of ether oxygens (including phenoxy) is 1. The molecule has 0 heterocycles. The zero-order chi connectivity index (χ0) is 15.1. The number of esters is 1. The summed E-state index contributed by atoms with van der Waals surface area (Å²) in [6.45, 7) is 5.93. The van der Waals surface area contributed by atoms with Gasteiger partial charge in [0.25, 0.3) is 0 Å². The van der Waals surface area contributed by atoms with E-state index in [0.29, 0.717) is 6.42 Å². The molecular formula is C16H26O4. The van der Waals surface area contributed by atoms with Crippen LogP contribution in [0.1, 0.15) is 46.5 Å². The topological polar surface area (TPSA) is 63.6 Å². The third-order valence-electron chi connectivity index (χ3n) is 5.86.